The molecule has 74 valence electrons. The number of rotatable bonds is 2. The number of carboxylic acid groups (broad SMARTS) is 1. The lowest BCUT2D eigenvalue weighted by Gasteiger charge is -2.18. The molecule has 1 fully saturated rings. The smallest absolute Gasteiger partial charge is 0.326 e. The minimum atomic E-state index is -0.883. The summed E-state index contributed by atoms with van der Waals surface area (Å²) in [6.07, 6.45) is 1.54. The van der Waals surface area contributed by atoms with E-state index < -0.39 is 12.0 Å². The Hall–Kier alpha value is -1.06. The van der Waals surface area contributed by atoms with E-state index in [1.165, 1.54) is 11.8 Å². The van der Waals surface area contributed by atoms with Crippen LogP contribution in [0.2, 0.25) is 0 Å². The lowest BCUT2D eigenvalue weighted by molar-refractivity contribution is -0.147. The molecule has 0 aromatic carbocycles. The second kappa shape index (κ2) is 3.77. The lowest BCUT2D eigenvalue weighted by atomic mass is 10.0. The van der Waals surface area contributed by atoms with Crippen molar-refractivity contribution in [3.63, 3.8) is 0 Å². The van der Waals surface area contributed by atoms with Crippen molar-refractivity contribution >= 4 is 11.9 Å². The van der Waals surface area contributed by atoms with Crippen LogP contribution >= 0.6 is 0 Å². The molecular formula is C9H15NO3. The zero-order chi connectivity index (χ0) is 10.0. The lowest BCUT2D eigenvalue weighted by Crippen LogP contribution is -2.39. The highest BCUT2D eigenvalue weighted by Gasteiger charge is 2.37. The summed E-state index contributed by atoms with van der Waals surface area (Å²) in [5.74, 6) is -0.667. The second-order valence-electron chi connectivity index (χ2n) is 3.54. The summed E-state index contributed by atoms with van der Waals surface area (Å²) in [6, 6.07) is -0.595. The van der Waals surface area contributed by atoms with Gasteiger partial charge in [0.05, 0.1) is 0 Å². The van der Waals surface area contributed by atoms with Crippen LogP contribution in [0.15, 0.2) is 0 Å². The van der Waals surface area contributed by atoms with Gasteiger partial charge in [0.15, 0.2) is 0 Å². The molecule has 0 aromatic heterocycles. The molecule has 1 amide bonds. The molecule has 0 aliphatic carbocycles. The Morgan fingerprint density at radius 1 is 1.54 bits per heavy atom. The van der Waals surface area contributed by atoms with Crippen LogP contribution in [0.25, 0.3) is 0 Å². The predicted octanol–water partition coefficient (Wildman–Crippen LogP) is 0.718. The summed E-state index contributed by atoms with van der Waals surface area (Å²) in [4.78, 5) is 23.3. The molecule has 1 aliphatic rings. The van der Waals surface area contributed by atoms with Crippen LogP contribution in [0.4, 0.5) is 0 Å². The third kappa shape index (κ3) is 1.99. The van der Waals surface area contributed by atoms with E-state index in [1.54, 1.807) is 0 Å². The molecule has 0 bridgehead atoms. The van der Waals surface area contributed by atoms with Crippen LogP contribution in [0, 0.1) is 5.92 Å². The number of amides is 1. The first-order valence-corrected chi connectivity index (χ1v) is 4.56. The zero-order valence-corrected chi connectivity index (χ0v) is 7.99. The van der Waals surface area contributed by atoms with Crippen LogP contribution in [-0.4, -0.2) is 34.5 Å². The molecule has 0 aromatic rings. The molecule has 0 radical (unpaired) electrons. The molecule has 1 N–H and O–H groups in total. The molecule has 1 aliphatic heterocycles. The first kappa shape index (κ1) is 10.0. The highest BCUT2D eigenvalue weighted by molar-refractivity contribution is 5.82. The van der Waals surface area contributed by atoms with Crippen molar-refractivity contribution in [1.29, 1.82) is 0 Å². The van der Waals surface area contributed by atoms with Crippen LogP contribution in [0.3, 0.4) is 0 Å². The number of hydrogen-bond donors (Lipinski definition) is 1. The average molecular weight is 185 g/mol. The third-order valence-corrected chi connectivity index (χ3v) is 2.65. The van der Waals surface area contributed by atoms with Crippen molar-refractivity contribution in [3.05, 3.63) is 0 Å². The van der Waals surface area contributed by atoms with Gasteiger partial charge in [0, 0.05) is 13.5 Å². The second-order valence-corrected chi connectivity index (χ2v) is 3.54. The summed E-state index contributed by atoms with van der Waals surface area (Å²) in [6.45, 7) is 4.05. The first-order chi connectivity index (χ1) is 6.06. The number of carbonyl (C=O) groups excluding carboxylic acids is 1. The minimum absolute atomic E-state index is 0.136. The van der Waals surface area contributed by atoms with Crippen LogP contribution in [0.5, 0.6) is 0 Å². The molecule has 0 saturated carbocycles. The molecule has 4 nitrogen and oxygen atoms in total. The quantitative estimate of drug-likeness (QED) is 0.689. The number of aliphatic carboxylic acids is 1. The van der Waals surface area contributed by atoms with Gasteiger partial charge in [-0.3, -0.25) is 4.79 Å². The first-order valence-electron chi connectivity index (χ1n) is 4.56. The molecule has 2 atom stereocenters. The van der Waals surface area contributed by atoms with Gasteiger partial charge < -0.3 is 10.0 Å². The number of carboxylic acids is 1. The molecule has 4 heteroatoms. The fourth-order valence-electron chi connectivity index (χ4n) is 1.80. The van der Waals surface area contributed by atoms with Gasteiger partial charge in [-0.25, -0.2) is 4.79 Å². The maximum atomic E-state index is 11.1. The topological polar surface area (TPSA) is 57.6 Å². The molecule has 1 heterocycles. The highest BCUT2D eigenvalue weighted by Crippen LogP contribution is 2.25. The Bertz CT molecular complexity index is 205. The van der Waals surface area contributed by atoms with Gasteiger partial charge in [0.25, 0.3) is 0 Å². The maximum absolute atomic E-state index is 11.1. The van der Waals surface area contributed by atoms with Crippen molar-refractivity contribution in [2.45, 2.75) is 32.7 Å². The number of hydrogen-bond acceptors (Lipinski definition) is 2. The third-order valence-electron chi connectivity index (χ3n) is 2.65. The van der Waals surface area contributed by atoms with E-state index in [-0.39, 0.29) is 5.91 Å². The van der Waals surface area contributed by atoms with Crippen molar-refractivity contribution in [3.8, 4) is 0 Å². The normalized spacial score (nSPS) is 27.7. The van der Waals surface area contributed by atoms with Gasteiger partial charge in [0.1, 0.15) is 6.04 Å². The predicted molar refractivity (Wildman–Crippen MR) is 47.2 cm³/mol. The Balaban J connectivity index is 2.71. The summed E-state index contributed by atoms with van der Waals surface area (Å²) < 4.78 is 0. The van der Waals surface area contributed by atoms with Gasteiger partial charge in [-0.15, -0.1) is 0 Å². The van der Waals surface area contributed by atoms with Crippen LogP contribution in [-0.2, 0) is 9.59 Å². The monoisotopic (exact) mass is 185 g/mol. The average Bonchev–Trinajstić information content (AvgIpc) is 2.47. The molecule has 1 rings (SSSR count). The summed E-state index contributed by atoms with van der Waals surface area (Å²) in [7, 11) is 0. The summed E-state index contributed by atoms with van der Waals surface area (Å²) in [5.41, 5.74) is 0. The van der Waals surface area contributed by atoms with Gasteiger partial charge in [-0.2, -0.15) is 0 Å². The molecule has 1 saturated heterocycles. The Morgan fingerprint density at radius 3 is 2.46 bits per heavy atom. The summed E-state index contributed by atoms with van der Waals surface area (Å²) >= 11 is 0. The van der Waals surface area contributed by atoms with Crippen LogP contribution < -0.4 is 0 Å². The van der Waals surface area contributed by atoms with E-state index in [9.17, 15) is 9.59 Å². The Kier molecular flexibility index (Phi) is 2.90. The molecule has 0 spiro atoms. The molecule has 0 unspecified atom stereocenters. The van der Waals surface area contributed by atoms with Crippen molar-refractivity contribution < 1.29 is 14.7 Å². The van der Waals surface area contributed by atoms with E-state index in [2.05, 4.69) is 0 Å². The number of nitrogens with zero attached hydrogens (tertiary/aromatic N) is 1. The minimum Gasteiger partial charge on any atom is -0.480 e. The van der Waals surface area contributed by atoms with Gasteiger partial charge >= 0.3 is 5.97 Å². The molecule has 13 heavy (non-hydrogen) atoms. The highest BCUT2D eigenvalue weighted by atomic mass is 16.4. The Morgan fingerprint density at radius 2 is 2.15 bits per heavy atom. The van der Waals surface area contributed by atoms with Gasteiger partial charge in [-0.1, -0.05) is 13.3 Å². The zero-order valence-electron chi connectivity index (χ0n) is 7.99. The van der Waals surface area contributed by atoms with Crippen molar-refractivity contribution in [2.75, 3.05) is 6.54 Å². The SMILES string of the molecule is CC[C@@H]1C[C@H](C(=O)O)N(C(C)=O)C1. The largest absolute Gasteiger partial charge is 0.480 e. The van der Waals surface area contributed by atoms with Crippen molar-refractivity contribution in [2.24, 2.45) is 5.92 Å². The number of carbonyl (C=O) groups is 2. The molecular weight excluding hydrogens is 170 g/mol. The Labute approximate surface area is 77.5 Å². The van der Waals surface area contributed by atoms with Gasteiger partial charge in [-0.05, 0) is 12.3 Å². The maximum Gasteiger partial charge on any atom is 0.326 e. The fourth-order valence-corrected chi connectivity index (χ4v) is 1.80. The van der Waals surface area contributed by atoms with E-state index >= 15 is 0 Å². The van der Waals surface area contributed by atoms with Gasteiger partial charge in [0.2, 0.25) is 5.91 Å². The van der Waals surface area contributed by atoms with E-state index in [0.29, 0.717) is 18.9 Å². The van der Waals surface area contributed by atoms with E-state index in [1.807, 2.05) is 6.92 Å². The summed E-state index contributed by atoms with van der Waals surface area (Å²) in [5, 5.41) is 8.85. The standard InChI is InChI=1S/C9H15NO3/c1-3-7-4-8(9(12)13)10(5-7)6(2)11/h7-8H,3-5H2,1-2H3,(H,12,13)/t7-,8-/m1/s1. The fraction of sp³-hybridized carbons (Fsp3) is 0.778. The van der Waals surface area contributed by atoms with E-state index in [4.69, 9.17) is 5.11 Å². The van der Waals surface area contributed by atoms with Crippen molar-refractivity contribution in [1.82, 2.24) is 4.90 Å². The number of likely N-dealkylation sites (tertiary alicyclic amines) is 1. The van der Waals surface area contributed by atoms with Crippen LogP contribution in [0.1, 0.15) is 26.7 Å². The van der Waals surface area contributed by atoms with E-state index in [0.717, 1.165) is 6.42 Å².